The summed E-state index contributed by atoms with van der Waals surface area (Å²) in [5, 5.41) is 3.50. The molecule has 0 spiro atoms. The topological polar surface area (TPSA) is 24.4 Å². The average molecular weight is 220 g/mol. The van der Waals surface area contributed by atoms with Crippen LogP contribution in [0.3, 0.4) is 0 Å². The van der Waals surface area contributed by atoms with Gasteiger partial charge in [0.05, 0.1) is 5.69 Å². The third-order valence-electron chi connectivity index (χ3n) is 3.51. The molecule has 0 aromatic heterocycles. The van der Waals surface area contributed by atoms with Crippen molar-refractivity contribution in [3.05, 3.63) is 53.1 Å². The summed E-state index contributed by atoms with van der Waals surface area (Å²) in [6.07, 6.45) is 3.99. The van der Waals surface area contributed by atoms with Gasteiger partial charge >= 0.3 is 0 Å². The molecule has 2 heterocycles. The maximum atomic E-state index is 4.40. The lowest BCUT2D eigenvalue weighted by atomic mass is 9.95. The van der Waals surface area contributed by atoms with Crippen LogP contribution in [0, 0.1) is 0 Å². The van der Waals surface area contributed by atoms with Crippen LogP contribution in [0.1, 0.15) is 16.7 Å². The summed E-state index contributed by atoms with van der Waals surface area (Å²) in [7, 11) is 0. The number of hydrogen-bond acceptors (Lipinski definition) is 2. The zero-order valence-corrected chi connectivity index (χ0v) is 9.40. The molecule has 2 aliphatic rings. The Bertz CT molecular complexity index is 641. The molecule has 0 saturated heterocycles. The van der Waals surface area contributed by atoms with Crippen molar-refractivity contribution in [3.8, 4) is 0 Å². The Balaban J connectivity index is 1.86. The molecule has 82 valence electrons. The zero-order chi connectivity index (χ0) is 11.2. The first kappa shape index (κ1) is 8.99. The molecule has 4 rings (SSSR count). The van der Waals surface area contributed by atoms with Gasteiger partial charge in [-0.2, -0.15) is 0 Å². The van der Waals surface area contributed by atoms with E-state index in [1.165, 1.54) is 28.1 Å². The fourth-order valence-corrected chi connectivity index (χ4v) is 2.62. The Kier molecular flexibility index (Phi) is 1.69. The van der Waals surface area contributed by atoms with Crippen LogP contribution in [-0.2, 0) is 12.8 Å². The second-order valence-corrected chi connectivity index (χ2v) is 4.61. The Labute approximate surface area is 100 Å². The minimum absolute atomic E-state index is 0.976. The summed E-state index contributed by atoms with van der Waals surface area (Å²) >= 11 is 0. The molecule has 0 amide bonds. The normalized spacial score (nSPS) is 14.8. The lowest BCUT2D eigenvalue weighted by Crippen LogP contribution is -2.06. The van der Waals surface area contributed by atoms with Gasteiger partial charge in [-0.15, -0.1) is 0 Å². The zero-order valence-electron chi connectivity index (χ0n) is 9.40. The van der Waals surface area contributed by atoms with Crippen LogP contribution in [0.4, 0.5) is 17.1 Å². The SMILES string of the molecule is C1=Nc2cc3c(cc2C1)Cc1ccccc1N3. The standard InChI is InChI=1S/C15H12N2/c1-2-4-13-10(3-1)7-12-8-11-5-6-16-14(11)9-15(12)17-13/h1-4,6,8-9,17H,5,7H2. The molecule has 0 unspecified atom stereocenters. The van der Waals surface area contributed by atoms with Crippen molar-refractivity contribution >= 4 is 23.3 Å². The van der Waals surface area contributed by atoms with Crippen LogP contribution >= 0.6 is 0 Å². The second kappa shape index (κ2) is 3.20. The number of nitrogens with zero attached hydrogens (tertiary/aromatic N) is 1. The second-order valence-electron chi connectivity index (χ2n) is 4.61. The van der Waals surface area contributed by atoms with Gasteiger partial charge < -0.3 is 5.32 Å². The molecule has 2 aromatic rings. The van der Waals surface area contributed by atoms with Gasteiger partial charge in [0, 0.05) is 30.4 Å². The maximum absolute atomic E-state index is 4.40. The van der Waals surface area contributed by atoms with E-state index in [0.717, 1.165) is 18.5 Å². The van der Waals surface area contributed by atoms with Crippen molar-refractivity contribution in [3.63, 3.8) is 0 Å². The molecule has 0 radical (unpaired) electrons. The molecule has 0 atom stereocenters. The van der Waals surface area contributed by atoms with Gasteiger partial charge in [0.25, 0.3) is 0 Å². The number of nitrogens with one attached hydrogen (secondary N) is 1. The quantitative estimate of drug-likeness (QED) is 0.615. The van der Waals surface area contributed by atoms with Crippen LogP contribution in [0.25, 0.3) is 0 Å². The minimum Gasteiger partial charge on any atom is -0.355 e. The predicted molar refractivity (Wildman–Crippen MR) is 70.8 cm³/mol. The molecule has 0 bridgehead atoms. The van der Waals surface area contributed by atoms with Crippen molar-refractivity contribution in [1.82, 2.24) is 0 Å². The number of para-hydroxylation sites is 1. The number of anilines is 2. The van der Waals surface area contributed by atoms with Crippen molar-refractivity contribution in [2.24, 2.45) is 4.99 Å². The van der Waals surface area contributed by atoms with E-state index in [9.17, 15) is 0 Å². The van der Waals surface area contributed by atoms with Crippen molar-refractivity contribution in [2.45, 2.75) is 12.8 Å². The molecule has 2 nitrogen and oxygen atoms in total. The maximum Gasteiger partial charge on any atom is 0.0682 e. The Morgan fingerprint density at radius 3 is 2.88 bits per heavy atom. The molecule has 1 N–H and O–H groups in total. The number of hydrogen-bond donors (Lipinski definition) is 1. The van der Waals surface area contributed by atoms with Gasteiger partial charge in [0.15, 0.2) is 0 Å². The highest BCUT2D eigenvalue weighted by molar-refractivity contribution is 5.82. The van der Waals surface area contributed by atoms with Gasteiger partial charge in [-0.1, -0.05) is 24.3 Å². The number of fused-ring (bicyclic) bond motifs is 3. The molecule has 17 heavy (non-hydrogen) atoms. The average Bonchev–Trinajstić information content (AvgIpc) is 2.80. The Morgan fingerprint density at radius 1 is 0.941 bits per heavy atom. The first-order valence-electron chi connectivity index (χ1n) is 5.93. The third kappa shape index (κ3) is 1.30. The van der Waals surface area contributed by atoms with Crippen LogP contribution in [0.2, 0.25) is 0 Å². The van der Waals surface area contributed by atoms with Crippen LogP contribution < -0.4 is 5.32 Å². The van der Waals surface area contributed by atoms with Gasteiger partial charge in [-0.3, -0.25) is 4.99 Å². The summed E-state index contributed by atoms with van der Waals surface area (Å²) < 4.78 is 0. The monoisotopic (exact) mass is 220 g/mol. The van der Waals surface area contributed by atoms with Gasteiger partial charge in [-0.05, 0) is 28.8 Å². The summed E-state index contributed by atoms with van der Waals surface area (Å²) in [6, 6.07) is 13.0. The minimum atomic E-state index is 0.976. The predicted octanol–water partition coefficient (Wildman–Crippen LogP) is 3.59. The highest BCUT2D eigenvalue weighted by Gasteiger charge is 2.17. The highest BCUT2D eigenvalue weighted by Crippen LogP contribution is 2.37. The fraction of sp³-hybridized carbons (Fsp3) is 0.133. The molecule has 2 aromatic carbocycles. The van der Waals surface area contributed by atoms with E-state index in [1.807, 2.05) is 6.21 Å². The van der Waals surface area contributed by atoms with Gasteiger partial charge in [-0.25, -0.2) is 0 Å². The summed E-state index contributed by atoms with van der Waals surface area (Å²) in [5.41, 5.74) is 7.66. The summed E-state index contributed by atoms with van der Waals surface area (Å²) in [5.74, 6) is 0. The van der Waals surface area contributed by atoms with Crippen molar-refractivity contribution in [1.29, 1.82) is 0 Å². The number of benzene rings is 2. The number of aliphatic imine (C=N–C) groups is 1. The lowest BCUT2D eigenvalue weighted by Gasteiger charge is -2.22. The van der Waals surface area contributed by atoms with Crippen molar-refractivity contribution < 1.29 is 0 Å². The molecule has 2 heteroatoms. The van der Waals surface area contributed by atoms with E-state index in [-0.39, 0.29) is 0 Å². The summed E-state index contributed by atoms with van der Waals surface area (Å²) in [4.78, 5) is 4.40. The molecule has 2 aliphatic heterocycles. The lowest BCUT2D eigenvalue weighted by molar-refractivity contribution is 1.15. The molecular weight excluding hydrogens is 208 g/mol. The fourth-order valence-electron chi connectivity index (χ4n) is 2.62. The van der Waals surface area contributed by atoms with Crippen LogP contribution in [0.5, 0.6) is 0 Å². The van der Waals surface area contributed by atoms with E-state index in [1.54, 1.807) is 0 Å². The smallest absolute Gasteiger partial charge is 0.0682 e. The van der Waals surface area contributed by atoms with Gasteiger partial charge in [0.2, 0.25) is 0 Å². The van der Waals surface area contributed by atoms with E-state index in [2.05, 4.69) is 46.7 Å². The van der Waals surface area contributed by atoms with E-state index in [4.69, 9.17) is 0 Å². The molecular formula is C15H12N2. The van der Waals surface area contributed by atoms with E-state index in [0.29, 0.717) is 0 Å². The number of rotatable bonds is 0. The third-order valence-corrected chi connectivity index (χ3v) is 3.51. The van der Waals surface area contributed by atoms with E-state index >= 15 is 0 Å². The highest BCUT2D eigenvalue weighted by atomic mass is 14.9. The van der Waals surface area contributed by atoms with Crippen LogP contribution in [-0.4, -0.2) is 6.21 Å². The Morgan fingerprint density at radius 2 is 1.88 bits per heavy atom. The molecule has 0 aliphatic carbocycles. The summed E-state index contributed by atoms with van der Waals surface area (Å²) in [6.45, 7) is 0. The first-order chi connectivity index (χ1) is 8.40. The van der Waals surface area contributed by atoms with Gasteiger partial charge in [0.1, 0.15) is 0 Å². The first-order valence-corrected chi connectivity index (χ1v) is 5.93. The van der Waals surface area contributed by atoms with E-state index < -0.39 is 0 Å². The largest absolute Gasteiger partial charge is 0.355 e. The Hall–Kier alpha value is -2.09. The van der Waals surface area contributed by atoms with Crippen LogP contribution in [0.15, 0.2) is 41.4 Å². The van der Waals surface area contributed by atoms with Crippen molar-refractivity contribution in [2.75, 3.05) is 5.32 Å². The molecule has 0 fully saturated rings. The molecule has 0 saturated carbocycles.